The molecule has 0 amide bonds. The van der Waals surface area contributed by atoms with Crippen LogP contribution in [0, 0.1) is 5.82 Å². The molecule has 1 heterocycles. The van der Waals surface area contributed by atoms with Gasteiger partial charge in [-0.2, -0.15) is 0 Å². The number of hydrogen-bond acceptors (Lipinski definition) is 3. The first-order valence-corrected chi connectivity index (χ1v) is 6.19. The van der Waals surface area contributed by atoms with Crippen molar-refractivity contribution >= 4 is 49.8 Å². The molecule has 0 aliphatic heterocycles. The van der Waals surface area contributed by atoms with Gasteiger partial charge in [0.05, 0.1) is 22.6 Å². The lowest BCUT2D eigenvalue weighted by molar-refractivity contribution is 0.636. The fraction of sp³-hybridized carbons (Fsp3) is 0.182. The molecular weight excluding hydrogens is 308 g/mol. The van der Waals surface area contributed by atoms with Crippen molar-refractivity contribution in [2.75, 3.05) is 17.6 Å². The Morgan fingerprint density at radius 1 is 1.59 bits per heavy atom. The van der Waals surface area contributed by atoms with Gasteiger partial charge in [0.1, 0.15) is 5.52 Å². The highest BCUT2D eigenvalue weighted by Crippen LogP contribution is 2.38. The molecule has 0 aliphatic carbocycles. The Hall–Kier alpha value is -1.07. The lowest BCUT2D eigenvalue weighted by Gasteiger charge is -2.13. The Morgan fingerprint density at radius 2 is 2.29 bits per heavy atom. The van der Waals surface area contributed by atoms with Gasteiger partial charge in [-0.1, -0.05) is 11.6 Å². The summed E-state index contributed by atoms with van der Waals surface area (Å²) in [7, 11) is 0. The first-order chi connectivity index (χ1) is 8.06. The second kappa shape index (κ2) is 4.66. The van der Waals surface area contributed by atoms with Crippen molar-refractivity contribution in [2.24, 2.45) is 0 Å². The van der Waals surface area contributed by atoms with E-state index in [1.54, 1.807) is 0 Å². The first-order valence-electron chi connectivity index (χ1n) is 5.01. The van der Waals surface area contributed by atoms with Crippen molar-refractivity contribution in [3.05, 3.63) is 27.6 Å². The van der Waals surface area contributed by atoms with Gasteiger partial charge < -0.3 is 11.1 Å². The number of aromatic nitrogens is 1. The predicted molar refractivity (Wildman–Crippen MR) is 73.0 cm³/mol. The molecule has 90 valence electrons. The minimum absolute atomic E-state index is 0.211. The summed E-state index contributed by atoms with van der Waals surface area (Å²) in [6.07, 6.45) is 1.42. The van der Waals surface area contributed by atoms with Crippen LogP contribution in [0.5, 0.6) is 0 Å². The van der Waals surface area contributed by atoms with Crippen molar-refractivity contribution in [3.63, 3.8) is 0 Å². The molecular formula is C11H10BrClFN3. The van der Waals surface area contributed by atoms with Gasteiger partial charge in [-0.3, -0.25) is 4.98 Å². The molecule has 0 bridgehead atoms. The maximum absolute atomic E-state index is 13.8. The number of benzene rings is 1. The molecule has 17 heavy (non-hydrogen) atoms. The Bertz CT molecular complexity index is 589. The average Bonchev–Trinajstić information content (AvgIpc) is 2.29. The molecule has 0 atom stereocenters. The number of nitrogens with one attached hydrogen (secondary N) is 1. The van der Waals surface area contributed by atoms with E-state index < -0.39 is 5.82 Å². The highest BCUT2D eigenvalue weighted by atomic mass is 79.9. The molecule has 1 aromatic heterocycles. The summed E-state index contributed by atoms with van der Waals surface area (Å²) in [5.74, 6) is -0.435. The number of hydrogen-bond donors (Lipinski definition) is 2. The van der Waals surface area contributed by atoms with Crippen molar-refractivity contribution in [2.45, 2.75) is 6.92 Å². The number of nitrogens with zero attached hydrogens (tertiary/aromatic N) is 1. The quantitative estimate of drug-likeness (QED) is 0.828. The molecule has 3 nitrogen and oxygen atoms in total. The van der Waals surface area contributed by atoms with Gasteiger partial charge in [0.2, 0.25) is 0 Å². The van der Waals surface area contributed by atoms with Crippen LogP contribution in [0.2, 0.25) is 5.02 Å². The Kier molecular flexibility index (Phi) is 3.40. The largest absolute Gasteiger partial charge is 0.396 e. The summed E-state index contributed by atoms with van der Waals surface area (Å²) in [6.45, 7) is 2.59. The number of nitrogens with two attached hydrogens (primary N) is 1. The normalized spacial score (nSPS) is 10.8. The van der Waals surface area contributed by atoms with Crippen LogP contribution in [0.1, 0.15) is 6.92 Å². The van der Waals surface area contributed by atoms with Crippen LogP contribution < -0.4 is 11.1 Å². The van der Waals surface area contributed by atoms with E-state index in [0.29, 0.717) is 32.8 Å². The molecule has 0 saturated heterocycles. The highest BCUT2D eigenvalue weighted by molar-refractivity contribution is 9.10. The van der Waals surface area contributed by atoms with E-state index in [-0.39, 0.29) is 5.52 Å². The third-order valence-electron chi connectivity index (χ3n) is 2.37. The van der Waals surface area contributed by atoms with Crippen LogP contribution in [0.3, 0.4) is 0 Å². The lowest BCUT2D eigenvalue weighted by atomic mass is 10.1. The maximum Gasteiger partial charge on any atom is 0.150 e. The molecule has 2 aromatic rings. The predicted octanol–water partition coefficient (Wildman–Crippen LogP) is 3.80. The van der Waals surface area contributed by atoms with Gasteiger partial charge in [-0.15, -0.1) is 0 Å². The molecule has 1 aromatic carbocycles. The number of fused-ring (bicyclic) bond motifs is 1. The Morgan fingerprint density at radius 3 is 2.94 bits per heavy atom. The summed E-state index contributed by atoms with van der Waals surface area (Å²) in [5.41, 5.74) is 7.09. The van der Waals surface area contributed by atoms with E-state index in [1.807, 2.05) is 6.92 Å². The highest BCUT2D eigenvalue weighted by Gasteiger charge is 2.15. The summed E-state index contributed by atoms with van der Waals surface area (Å²) in [5, 5.41) is 3.98. The number of rotatable bonds is 2. The second-order valence-electron chi connectivity index (χ2n) is 3.50. The zero-order valence-corrected chi connectivity index (χ0v) is 11.4. The molecule has 2 rings (SSSR count). The van der Waals surface area contributed by atoms with Crippen LogP contribution in [-0.2, 0) is 0 Å². The topological polar surface area (TPSA) is 50.9 Å². The lowest BCUT2D eigenvalue weighted by Crippen LogP contribution is -2.03. The van der Waals surface area contributed by atoms with Crippen LogP contribution in [0.25, 0.3) is 10.9 Å². The van der Waals surface area contributed by atoms with E-state index in [0.717, 1.165) is 0 Å². The second-order valence-corrected chi connectivity index (χ2v) is 4.73. The standard InChI is InChI=1S/C11H10BrClFN3/c1-2-16-11-7(15)4-17-10-6(14)3-5(12)9(13)8(10)11/h3-4H,2,15H2,1H3,(H,16,17). The van der Waals surface area contributed by atoms with Crippen molar-refractivity contribution in [1.82, 2.24) is 4.98 Å². The van der Waals surface area contributed by atoms with Gasteiger partial charge in [0, 0.05) is 16.4 Å². The maximum atomic E-state index is 13.8. The van der Waals surface area contributed by atoms with Gasteiger partial charge >= 0.3 is 0 Å². The number of pyridine rings is 1. The molecule has 0 saturated carbocycles. The molecule has 0 aliphatic rings. The Balaban J connectivity index is 2.91. The van der Waals surface area contributed by atoms with E-state index in [4.69, 9.17) is 17.3 Å². The SMILES string of the molecule is CCNc1c(N)cnc2c(F)cc(Br)c(Cl)c12. The zero-order chi connectivity index (χ0) is 12.6. The monoisotopic (exact) mass is 317 g/mol. The molecule has 6 heteroatoms. The third kappa shape index (κ3) is 2.05. The van der Waals surface area contributed by atoms with E-state index in [9.17, 15) is 4.39 Å². The first kappa shape index (κ1) is 12.4. The minimum atomic E-state index is -0.435. The van der Waals surface area contributed by atoms with Gasteiger partial charge in [-0.25, -0.2) is 4.39 Å². The van der Waals surface area contributed by atoms with Crippen molar-refractivity contribution in [1.29, 1.82) is 0 Å². The molecule has 3 N–H and O–H groups in total. The number of nitrogen functional groups attached to an aromatic ring is 1. The molecule has 0 radical (unpaired) electrons. The summed E-state index contributed by atoms with van der Waals surface area (Å²) < 4.78 is 14.2. The molecule has 0 fully saturated rings. The number of anilines is 2. The summed E-state index contributed by atoms with van der Waals surface area (Å²) in [4.78, 5) is 3.98. The third-order valence-corrected chi connectivity index (χ3v) is 3.62. The zero-order valence-electron chi connectivity index (χ0n) is 9.02. The Labute approximate surface area is 111 Å². The fourth-order valence-electron chi connectivity index (χ4n) is 1.65. The van der Waals surface area contributed by atoms with Crippen LogP contribution in [0.15, 0.2) is 16.7 Å². The van der Waals surface area contributed by atoms with Crippen LogP contribution in [-0.4, -0.2) is 11.5 Å². The summed E-state index contributed by atoms with van der Waals surface area (Å²) in [6, 6.07) is 1.30. The number of halogens is 3. The fourth-order valence-corrected chi connectivity index (χ4v) is 2.29. The van der Waals surface area contributed by atoms with Gasteiger partial charge in [0.15, 0.2) is 5.82 Å². The van der Waals surface area contributed by atoms with Gasteiger partial charge in [-0.05, 0) is 28.9 Å². The smallest absolute Gasteiger partial charge is 0.150 e. The van der Waals surface area contributed by atoms with E-state index in [2.05, 4.69) is 26.2 Å². The van der Waals surface area contributed by atoms with Crippen LogP contribution in [0.4, 0.5) is 15.8 Å². The minimum Gasteiger partial charge on any atom is -0.396 e. The molecule has 0 spiro atoms. The van der Waals surface area contributed by atoms with E-state index >= 15 is 0 Å². The van der Waals surface area contributed by atoms with E-state index in [1.165, 1.54) is 12.3 Å². The van der Waals surface area contributed by atoms with Crippen LogP contribution >= 0.6 is 27.5 Å². The van der Waals surface area contributed by atoms with Gasteiger partial charge in [0.25, 0.3) is 0 Å². The average molecular weight is 319 g/mol. The summed E-state index contributed by atoms with van der Waals surface area (Å²) >= 11 is 9.37. The van der Waals surface area contributed by atoms with Crippen molar-refractivity contribution in [3.8, 4) is 0 Å². The van der Waals surface area contributed by atoms with Crippen molar-refractivity contribution < 1.29 is 4.39 Å². The molecule has 0 unspecified atom stereocenters.